The third kappa shape index (κ3) is 3.16. The molecule has 2 saturated heterocycles. The molecule has 2 aromatic heterocycles. The third-order valence-electron chi connectivity index (χ3n) is 5.77. The number of methoxy groups -OCH3 is 1. The SMILES string of the molecule is CO[C@H]1C(=O)N(C2CCN(C(=O)c3cccnc3C)CC2)[C@H]1c1ccncc1. The van der Waals surface area contributed by atoms with Gasteiger partial charge in [0.25, 0.3) is 11.8 Å². The molecule has 0 spiro atoms. The molecule has 2 atom stereocenters. The molecule has 146 valence electrons. The van der Waals surface area contributed by atoms with Crippen molar-refractivity contribution in [1.82, 2.24) is 19.8 Å². The number of carbonyl (C=O) groups excluding carboxylic acids is 2. The van der Waals surface area contributed by atoms with Crippen molar-refractivity contribution in [3.8, 4) is 0 Å². The van der Waals surface area contributed by atoms with Crippen LogP contribution >= 0.6 is 0 Å². The predicted molar refractivity (Wildman–Crippen MR) is 103 cm³/mol. The van der Waals surface area contributed by atoms with Gasteiger partial charge in [-0.25, -0.2) is 0 Å². The van der Waals surface area contributed by atoms with E-state index < -0.39 is 6.10 Å². The Kier molecular flexibility index (Phi) is 5.09. The van der Waals surface area contributed by atoms with Gasteiger partial charge in [-0.15, -0.1) is 0 Å². The highest BCUT2D eigenvalue weighted by atomic mass is 16.5. The average molecular weight is 380 g/mol. The zero-order chi connectivity index (χ0) is 19.7. The van der Waals surface area contributed by atoms with Gasteiger partial charge in [0.1, 0.15) is 0 Å². The summed E-state index contributed by atoms with van der Waals surface area (Å²) in [5.41, 5.74) is 2.43. The number of nitrogens with zero attached hydrogens (tertiary/aromatic N) is 4. The Bertz CT molecular complexity index is 865. The van der Waals surface area contributed by atoms with E-state index in [1.54, 1.807) is 31.8 Å². The fourth-order valence-corrected chi connectivity index (χ4v) is 4.24. The Labute approximate surface area is 164 Å². The lowest BCUT2D eigenvalue weighted by atomic mass is 9.86. The van der Waals surface area contributed by atoms with Crippen molar-refractivity contribution < 1.29 is 14.3 Å². The first kappa shape index (κ1) is 18.6. The van der Waals surface area contributed by atoms with E-state index >= 15 is 0 Å². The lowest BCUT2D eigenvalue weighted by Crippen LogP contribution is -2.64. The minimum absolute atomic E-state index is 0.0134. The number of ether oxygens (including phenoxy) is 1. The van der Waals surface area contributed by atoms with Crippen LogP contribution in [0.1, 0.15) is 40.5 Å². The number of hydrogen-bond acceptors (Lipinski definition) is 5. The monoisotopic (exact) mass is 380 g/mol. The summed E-state index contributed by atoms with van der Waals surface area (Å²) < 4.78 is 5.43. The maximum Gasteiger partial charge on any atom is 0.255 e. The molecule has 2 amide bonds. The second-order valence-corrected chi connectivity index (χ2v) is 7.29. The fraction of sp³-hybridized carbons (Fsp3) is 0.429. The first-order chi connectivity index (χ1) is 13.6. The summed E-state index contributed by atoms with van der Waals surface area (Å²) >= 11 is 0. The summed E-state index contributed by atoms with van der Waals surface area (Å²) in [6.45, 7) is 3.10. The first-order valence-corrected chi connectivity index (χ1v) is 9.57. The van der Waals surface area contributed by atoms with Crippen LogP contribution in [0.2, 0.25) is 0 Å². The molecule has 28 heavy (non-hydrogen) atoms. The summed E-state index contributed by atoms with van der Waals surface area (Å²) in [5.74, 6) is 0.0385. The lowest BCUT2D eigenvalue weighted by molar-refractivity contribution is -0.178. The second-order valence-electron chi connectivity index (χ2n) is 7.29. The van der Waals surface area contributed by atoms with Crippen LogP contribution in [0.3, 0.4) is 0 Å². The smallest absolute Gasteiger partial charge is 0.255 e. The molecule has 0 bridgehead atoms. The van der Waals surface area contributed by atoms with Gasteiger partial charge in [-0.3, -0.25) is 19.6 Å². The number of aromatic nitrogens is 2. The molecule has 0 saturated carbocycles. The molecule has 4 heterocycles. The largest absolute Gasteiger partial charge is 0.369 e. The number of piperidine rings is 1. The van der Waals surface area contributed by atoms with E-state index in [0.29, 0.717) is 18.7 Å². The van der Waals surface area contributed by atoms with E-state index in [0.717, 1.165) is 24.1 Å². The third-order valence-corrected chi connectivity index (χ3v) is 5.77. The van der Waals surface area contributed by atoms with Gasteiger partial charge in [0.15, 0.2) is 6.10 Å². The molecule has 0 radical (unpaired) electrons. The Morgan fingerprint density at radius 2 is 1.86 bits per heavy atom. The van der Waals surface area contributed by atoms with Crippen molar-refractivity contribution in [3.05, 3.63) is 59.7 Å². The number of pyridine rings is 2. The standard InChI is InChI=1S/C21H24N4O3/c1-14-17(4-3-9-23-14)20(26)24-12-7-16(8-13-24)25-18(19(28-2)21(25)27)15-5-10-22-11-6-15/h3-6,9-11,16,18-19H,7-8,12-13H2,1-2H3/t18-,19+/m0/s1. The molecular weight excluding hydrogens is 356 g/mol. The Morgan fingerprint density at radius 3 is 2.50 bits per heavy atom. The zero-order valence-electron chi connectivity index (χ0n) is 16.1. The summed E-state index contributed by atoms with van der Waals surface area (Å²) in [5, 5.41) is 0. The first-order valence-electron chi connectivity index (χ1n) is 9.57. The van der Waals surface area contributed by atoms with E-state index in [2.05, 4.69) is 9.97 Å². The minimum Gasteiger partial charge on any atom is -0.369 e. The summed E-state index contributed by atoms with van der Waals surface area (Å²) in [6.07, 6.45) is 6.24. The molecule has 0 N–H and O–H groups in total. The molecule has 0 aliphatic carbocycles. The topological polar surface area (TPSA) is 75.6 Å². The number of hydrogen-bond donors (Lipinski definition) is 0. The van der Waals surface area contributed by atoms with Gasteiger partial charge in [0.05, 0.1) is 11.6 Å². The van der Waals surface area contributed by atoms with E-state index in [1.165, 1.54) is 0 Å². The van der Waals surface area contributed by atoms with Crippen LogP contribution in [0.15, 0.2) is 42.9 Å². The molecule has 0 aromatic carbocycles. The maximum atomic E-state index is 12.8. The van der Waals surface area contributed by atoms with Crippen molar-refractivity contribution in [2.75, 3.05) is 20.2 Å². The highest BCUT2D eigenvalue weighted by molar-refractivity contribution is 5.95. The molecule has 7 heteroatoms. The normalized spacial score (nSPS) is 22.9. The van der Waals surface area contributed by atoms with Gasteiger partial charge in [-0.2, -0.15) is 0 Å². The Hall–Kier alpha value is -2.80. The van der Waals surface area contributed by atoms with E-state index in [9.17, 15) is 9.59 Å². The van der Waals surface area contributed by atoms with Crippen LogP contribution in [-0.2, 0) is 9.53 Å². The number of rotatable bonds is 4. The van der Waals surface area contributed by atoms with Gasteiger partial charge in [0, 0.05) is 50.5 Å². The van der Waals surface area contributed by atoms with Crippen LogP contribution in [0, 0.1) is 6.92 Å². The molecule has 2 aliphatic rings. The maximum absolute atomic E-state index is 12.8. The van der Waals surface area contributed by atoms with Crippen LogP contribution in [0.25, 0.3) is 0 Å². The molecular formula is C21H24N4O3. The molecule has 7 nitrogen and oxygen atoms in total. The zero-order valence-corrected chi connectivity index (χ0v) is 16.1. The number of likely N-dealkylation sites (tertiary alicyclic amines) is 2. The van der Waals surface area contributed by atoms with E-state index in [4.69, 9.17) is 4.74 Å². The van der Waals surface area contributed by atoms with Crippen LogP contribution in [0.4, 0.5) is 0 Å². The quantitative estimate of drug-likeness (QED) is 0.759. The van der Waals surface area contributed by atoms with E-state index in [1.807, 2.05) is 34.9 Å². The summed E-state index contributed by atoms with van der Waals surface area (Å²) in [4.78, 5) is 37.5. The number of carbonyl (C=O) groups is 2. The van der Waals surface area contributed by atoms with Gasteiger partial charge in [-0.05, 0) is 49.6 Å². The molecule has 2 fully saturated rings. The molecule has 0 unspecified atom stereocenters. The van der Waals surface area contributed by atoms with Gasteiger partial charge >= 0.3 is 0 Å². The highest BCUT2D eigenvalue weighted by Gasteiger charge is 2.51. The number of β-lactam (4-membered cyclic amide) rings is 1. The summed E-state index contributed by atoms with van der Waals surface area (Å²) in [6, 6.07) is 7.48. The van der Waals surface area contributed by atoms with Gasteiger partial charge in [0.2, 0.25) is 0 Å². The van der Waals surface area contributed by atoms with Crippen LogP contribution in [0.5, 0.6) is 0 Å². The molecule has 2 aromatic rings. The molecule has 2 aliphatic heterocycles. The number of aryl methyl sites for hydroxylation is 1. The Morgan fingerprint density at radius 1 is 1.14 bits per heavy atom. The fourth-order valence-electron chi connectivity index (χ4n) is 4.24. The minimum atomic E-state index is -0.444. The van der Waals surface area contributed by atoms with Crippen molar-refractivity contribution in [2.24, 2.45) is 0 Å². The van der Waals surface area contributed by atoms with Crippen LogP contribution < -0.4 is 0 Å². The number of amides is 2. The average Bonchev–Trinajstić information content (AvgIpc) is 2.73. The van der Waals surface area contributed by atoms with Crippen molar-refractivity contribution in [3.63, 3.8) is 0 Å². The van der Waals surface area contributed by atoms with Crippen molar-refractivity contribution in [2.45, 2.75) is 38.0 Å². The predicted octanol–water partition coefficient (Wildman–Crippen LogP) is 1.99. The van der Waals surface area contributed by atoms with Crippen molar-refractivity contribution in [1.29, 1.82) is 0 Å². The highest BCUT2D eigenvalue weighted by Crippen LogP contribution is 2.40. The Balaban J connectivity index is 1.45. The lowest BCUT2D eigenvalue weighted by Gasteiger charge is -2.52. The molecule has 4 rings (SSSR count). The second kappa shape index (κ2) is 7.67. The van der Waals surface area contributed by atoms with Gasteiger partial charge in [-0.1, -0.05) is 0 Å². The van der Waals surface area contributed by atoms with Crippen LogP contribution in [-0.4, -0.2) is 63.9 Å². The van der Waals surface area contributed by atoms with E-state index in [-0.39, 0.29) is 23.9 Å². The summed E-state index contributed by atoms with van der Waals surface area (Å²) in [7, 11) is 1.57. The van der Waals surface area contributed by atoms with Crippen molar-refractivity contribution >= 4 is 11.8 Å². The van der Waals surface area contributed by atoms with Gasteiger partial charge < -0.3 is 14.5 Å².